The zero-order chi connectivity index (χ0) is 22.9. The van der Waals surface area contributed by atoms with Gasteiger partial charge in [-0.15, -0.1) is 0 Å². The van der Waals surface area contributed by atoms with E-state index in [1.54, 1.807) is 24.3 Å². The van der Waals surface area contributed by atoms with Crippen LogP contribution in [0.3, 0.4) is 0 Å². The molecule has 0 radical (unpaired) electrons. The molecule has 0 heterocycles. The second-order valence-corrected chi connectivity index (χ2v) is 10.3. The van der Waals surface area contributed by atoms with Crippen molar-refractivity contribution in [2.45, 2.75) is 44.0 Å². The van der Waals surface area contributed by atoms with Gasteiger partial charge in [-0.3, -0.25) is 9.52 Å². The zero-order valence-electron chi connectivity index (χ0n) is 18.0. The molecule has 0 saturated heterocycles. The summed E-state index contributed by atoms with van der Waals surface area (Å²) >= 11 is 6.26. The Morgan fingerprint density at radius 2 is 1.69 bits per heavy atom. The molecule has 1 aliphatic rings. The first kappa shape index (κ1) is 22.4. The molecule has 166 valence electrons. The molecular weight excluding hydrogens is 444 g/mol. The van der Waals surface area contributed by atoms with E-state index >= 15 is 0 Å². The normalized spacial score (nSPS) is 14.0. The third kappa shape index (κ3) is 4.81. The lowest BCUT2D eigenvalue weighted by molar-refractivity contribution is 0.0940. The predicted molar refractivity (Wildman–Crippen MR) is 128 cm³/mol. The van der Waals surface area contributed by atoms with Crippen LogP contribution in [-0.2, 0) is 22.9 Å². The molecule has 0 unspecified atom stereocenters. The maximum absolute atomic E-state index is 12.9. The van der Waals surface area contributed by atoms with Crippen molar-refractivity contribution in [3.63, 3.8) is 0 Å². The van der Waals surface area contributed by atoms with Gasteiger partial charge in [0.1, 0.15) is 0 Å². The summed E-state index contributed by atoms with van der Waals surface area (Å²) in [5.74, 6) is -0.362. The summed E-state index contributed by atoms with van der Waals surface area (Å²) in [6.45, 7) is 3.81. The lowest BCUT2D eigenvalue weighted by Crippen LogP contribution is -2.27. The van der Waals surface area contributed by atoms with Gasteiger partial charge in [0.15, 0.2) is 0 Å². The summed E-state index contributed by atoms with van der Waals surface area (Å²) in [6, 6.07) is 17.2. The van der Waals surface area contributed by atoms with Gasteiger partial charge in [0.05, 0.1) is 21.5 Å². The number of sulfonamides is 1. The Balaban J connectivity index is 1.51. The van der Waals surface area contributed by atoms with E-state index < -0.39 is 10.0 Å². The van der Waals surface area contributed by atoms with Crippen LogP contribution in [0.25, 0.3) is 0 Å². The highest BCUT2D eigenvalue weighted by atomic mass is 35.5. The second kappa shape index (κ2) is 8.96. The maximum Gasteiger partial charge on any atom is 0.261 e. The van der Waals surface area contributed by atoms with E-state index in [-0.39, 0.29) is 33.1 Å². The first-order chi connectivity index (χ1) is 15.2. The molecule has 4 rings (SSSR count). The Labute approximate surface area is 193 Å². The minimum atomic E-state index is -3.78. The average Bonchev–Trinajstić information content (AvgIpc) is 3.23. The molecule has 3 aromatic carbocycles. The molecule has 7 heteroatoms. The monoisotopic (exact) mass is 468 g/mol. The van der Waals surface area contributed by atoms with Gasteiger partial charge in [-0.2, -0.15) is 0 Å². The number of halogens is 1. The molecule has 0 saturated carbocycles. The zero-order valence-corrected chi connectivity index (χ0v) is 19.6. The smallest absolute Gasteiger partial charge is 0.261 e. The van der Waals surface area contributed by atoms with Gasteiger partial charge in [-0.25, -0.2) is 8.42 Å². The van der Waals surface area contributed by atoms with E-state index in [1.165, 1.54) is 35.7 Å². The Morgan fingerprint density at radius 1 is 0.969 bits per heavy atom. The van der Waals surface area contributed by atoms with Crippen LogP contribution in [0.15, 0.2) is 65.6 Å². The summed E-state index contributed by atoms with van der Waals surface area (Å²) in [7, 11) is -3.78. The van der Waals surface area contributed by atoms with E-state index in [1.807, 2.05) is 19.9 Å². The lowest BCUT2D eigenvalue weighted by atomic mass is 10.0. The van der Waals surface area contributed by atoms with E-state index in [4.69, 9.17) is 11.6 Å². The number of rotatable bonds is 6. The van der Waals surface area contributed by atoms with Gasteiger partial charge in [0.2, 0.25) is 0 Å². The molecule has 0 fully saturated rings. The first-order valence-electron chi connectivity index (χ1n) is 10.5. The topological polar surface area (TPSA) is 75.3 Å². The molecule has 3 aromatic rings. The van der Waals surface area contributed by atoms with Crippen LogP contribution in [0, 0.1) is 6.92 Å². The molecule has 5 nitrogen and oxygen atoms in total. The predicted octanol–water partition coefficient (Wildman–Crippen LogP) is 5.43. The van der Waals surface area contributed by atoms with Crippen molar-refractivity contribution in [2.75, 3.05) is 4.72 Å². The van der Waals surface area contributed by atoms with Crippen LogP contribution in [0.2, 0.25) is 5.02 Å². The fraction of sp³-hybridized carbons (Fsp3) is 0.240. The van der Waals surface area contributed by atoms with Crippen molar-refractivity contribution in [1.29, 1.82) is 0 Å². The number of hydrogen-bond donors (Lipinski definition) is 2. The number of carbonyl (C=O) groups is 1. The molecule has 0 bridgehead atoms. The van der Waals surface area contributed by atoms with Gasteiger partial charge in [-0.05, 0) is 80.1 Å². The van der Waals surface area contributed by atoms with E-state index in [9.17, 15) is 13.2 Å². The Hall–Kier alpha value is -2.83. The number of amides is 1. The van der Waals surface area contributed by atoms with Crippen molar-refractivity contribution in [3.05, 3.63) is 93.5 Å². The largest absolute Gasteiger partial charge is 0.345 e. The molecule has 1 aliphatic carbocycles. The molecule has 1 atom stereocenters. The fourth-order valence-corrected chi connectivity index (χ4v) is 5.17. The van der Waals surface area contributed by atoms with Crippen LogP contribution < -0.4 is 10.0 Å². The number of carbonyl (C=O) groups excluding carboxylic acids is 1. The Morgan fingerprint density at radius 3 is 2.44 bits per heavy atom. The van der Waals surface area contributed by atoms with Gasteiger partial charge in [0.25, 0.3) is 15.9 Å². The average molecular weight is 469 g/mol. The van der Waals surface area contributed by atoms with Crippen molar-refractivity contribution in [1.82, 2.24) is 5.32 Å². The number of fused-ring (bicyclic) bond motifs is 1. The van der Waals surface area contributed by atoms with E-state index in [0.29, 0.717) is 0 Å². The van der Waals surface area contributed by atoms with Crippen molar-refractivity contribution >= 4 is 33.2 Å². The number of benzene rings is 3. The number of nitrogens with one attached hydrogen (secondary N) is 2. The quantitative estimate of drug-likeness (QED) is 0.506. The lowest BCUT2D eigenvalue weighted by Gasteiger charge is -2.17. The van der Waals surface area contributed by atoms with Gasteiger partial charge < -0.3 is 5.32 Å². The van der Waals surface area contributed by atoms with Crippen molar-refractivity contribution < 1.29 is 13.2 Å². The van der Waals surface area contributed by atoms with E-state index in [0.717, 1.165) is 24.0 Å². The minimum Gasteiger partial charge on any atom is -0.345 e. The van der Waals surface area contributed by atoms with Gasteiger partial charge in [0, 0.05) is 5.69 Å². The molecule has 32 heavy (non-hydrogen) atoms. The molecule has 1 amide bonds. The Kier molecular flexibility index (Phi) is 6.26. The maximum atomic E-state index is 12.9. The highest BCUT2D eigenvalue weighted by Crippen LogP contribution is 2.27. The molecule has 0 aromatic heterocycles. The number of anilines is 1. The van der Waals surface area contributed by atoms with Crippen molar-refractivity contribution in [3.8, 4) is 0 Å². The second-order valence-electron chi connectivity index (χ2n) is 8.19. The van der Waals surface area contributed by atoms with E-state index in [2.05, 4.69) is 22.2 Å². The summed E-state index contributed by atoms with van der Waals surface area (Å²) in [6.07, 6.45) is 3.34. The SMILES string of the molecule is Cc1ccc(S(=O)(=O)Nc2ccc(Cl)c(C(=O)N[C@@H](C)c3ccc4c(c3)CCC4)c2)cc1. The summed E-state index contributed by atoms with van der Waals surface area (Å²) in [5.41, 5.74) is 5.20. The minimum absolute atomic E-state index is 0.147. The third-order valence-electron chi connectivity index (χ3n) is 5.76. The molecular formula is C25H25ClN2O3S. The van der Waals surface area contributed by atoms with Crippen LogP contribution in [0.4, 0.5) is 5.69 Å². The number of aryl methyl sites for hydroxylation is 3. The van der Waals surface area contributed by atoms with Gasteiger partial charge >= 0.3 is 0 Å². The summed E-state index contributed by atoms with van der Waals surface area (Å²) in [5, 5.41) is 3.22. The highest BCUT2D eigenvalue weighted by molar-refractivity contribution is 7.92. The third-order valence-corrected chi connectivity index (χ3v) is 7.49. The van der Waals surface area contributed by atoms with Crippen LogP contribution in [-0.4, -0.2) is 14.3 Å². The Bertz CT molecular complexity index is 1270. The number of hydrogen-bond acceptors (Lipinski definition) is 3. The molecule has 0 aliphatic heterocycles. The van der Waals surface area contributed by atoms with Gasteiger partial charge in [-0.1, -0.05) is 47.5 Å². The van der Waals surface area contributed by atoms with Crippen LogP contribution in [0.1, 0.15) is 52.0 Å². The van der Waals surface area contributed by atoms with Crippen molar-refractivity contribution in [2.24, 2.45) is 0 Å². The molecule has 2 N–H and O–H groups in total. The summed E-state index contributed by atoms with van der Waals surface area (Å²) in [4.78, 5) is 13.1. The van der Waals surface area contributed by atoms with Crippen LogP contribution in [0.5, 0.6) is 0 Å². The molecule has 0 spiro atoms. The summed E-state index contributed by atoms with van der Waals surface area (Å²) < 4.78 is 27.9. The first-order valence-corrected chi connectivity index (χ1v) is 12.4. The van der Waals surface area contributed by atoms with Crippen LogP contribution >= 0.6 is 11.6 Å². The fourth-order valence-electron chi connectivity index (χ4n) is 3.91. The highest BCUT2D eigenvalue weighted by Gasteiger charge is 2.19. The standard InChI is InChI=1S/C25H25ClN2O3S/c1-16-6-11-22(12-7-16)32(30,31)28-21-10-13-24(26)23(15-21)25(29)27-17(2)19-9-8-18-4-3-5-20(18)14-19/h6-15,17,28H,3-5H2,1-2H3,(H,27,29)/t17-/m0/s1.